The van der Waals surface area contributed by atoms with Crippen LogP contribution in [0.4, 0.5) is 0 Å². The molecule has 22 heavy (non-hydrogen) atoms. The van der Waals surface area contributed by atoms with Crippen LogP contribution in [0.3, 0.4) is 0 Å². The largest absolute Gasteiger partial charge is 0.357 e. The molecule has 1 heterocycles. The topological polar surface area (TPSA) is 78.4 Å². The van der Waals surface area contributed by atoms with Gasteiger partial charge in [-0.15, -0.1) is 0 Å². The van der Waals surface area contributed by atoms with Crippen LogP contribution in [-0.2, 0) is 11.2 Å². The predicted molar refractivity (Wildman–Crippen MR) is 89.8 cm³/mol. The fraction of sp³-hybridized carbons (Fsp3) is 0.562. The number of guanidine groups is 1. The van der Waals surface area contributed by atoms with Gasteiger partial charge in [-0.1, -0.05) is 19.9 Å². The Hall–Kier alpha value is -2.11. The van der Waals surface area contributed by atoms with E-state index in [9.17, 15) is 4.79 Å². The first-order valence-corrected chi connectivity index (χ1v) is 7.83. The maximum atomic E-state index is 11.5. The van der Waals surface area contributed by atoms with Crippen molar-refractivity contribution in [2.45, 2.75) is 27.2 Å². The third kappa shape index (κ3) is 7.61. The molecule has 0 aromatic carbocycles. The van der Waals surface area contributed by atoms with Crippen LogP contribution < -0.4 is 16.0 Å². The molecule has 0 spiro atoms. The van der Waals surface area contributed by atoms with Crippen LogP contribution in [-0.4, -0.2) is 43.0 Å². The van der Waals surface area contributed by atoms with Crippen molar-refractivity contribution >= 4 is 11.9 Å². The van der Waals surface area contributed by atoms with E-state index >= 15 is 0 Å². The van der Waals surface area contributed by atoms with Crippen molar-refractivity contribution in [1.82, 2.24) is 20.9 Å². The van der Waals surface area contributed by atoms with Gasteiger partial charge >= 0.3 is 0 Å². The lowest BCUT2D eigenvalue weighted by Gasteiger charge is -2.12. The second kappa shape index (κ2) is 10.6. The molecule has 1 aromatic rings. The summed E-state index contributed by atoms with van der Waals surface area (Å²) in [6.45, 7) is 8.49. The summed E-state index contributed by atoms with van der Waals surface area (Å²) >= 11 is 0. The lowest BCUT2D eigenvalue weighted by molar-refractivity contribution is -0.123. The first kappa shape index (κ1) is 17.9. The number of nitrogens with zero attached hydrogens (tertiary/aromatic N) is 2. The summed E-state index contributed by atoms with van der Waals surface area (Å²) in [6.07, 6.45) is 2.60. The van der Waals surface area contributed by atoms with Crippen molar-refractivity contribution < 1.29 is 4.79 Å². The molecular weight excluding hydrogens is 278 g/mol. The fourth-order valence-electron chi connectivity index (χ4n) is 1.74. The molecule has 6 heteroatoms. The Balaban J connectivity index is 2.31. The van der Waals surface area contributed by atoms with Gasteiger partial charge in [-0.2, -0.15) is 0 Å². The van der Waals surface area contributed by atoms with Gasteiger partial charge in [0, 0.05) is 50.4 Å². The Morgan fingerprint density at radius 1 is 1.23 bits per heavy atom. The maximum absolute atomic E-state index is 11.5. The van der Waals surface area contributed by atoms with Crippen LogP contribution in [0.2, 0.25) is 0 Å². The summed E-state index contributed by atoms with van der Waals surface area (Å²) in [5.74, 6) is 0.844. The van der Waals surface area contributed by atoms with E-state index < -0.39 is 0 Å². The Labute approximate surface area is 132 Å². The lowest BCUT2D eigenvalue weighted by atomic mass is 10.2. The second-order valence-corrected chi connectivity index (χ2v) is 5.20. The molecule has 0 aliphatic carbocycles. The molecule has 0 fully saturated rings. The fourth-order valence-corrected chi connectivity index (χ4v) is 1.74. The van der Waals surface area contributed by atoms with Crippen molar-refractivity contribution in [3.8, 4) is 0 Å². The van der Waals surface area contributed by atoms with Crippen LogP contribution in [0, 0.1) is 5.92 Å². The van der Waals surface area contributed by atoms with Crippen molar-refractivity contribution in [1.29, 1.82) is 0 Å². The highest BCUT2D eigenvalue weighted by Gasteiger charge is 2.05. The Morgan fingerprint density at radius 2 is 2.00 bits per heavy atom. The quantitative estimate of drug-likeness (QED) is 0.380. The molecule has 1 rings (SSSR count). The molecule has 0 radical (unpaired) electrons. The van der Waals surface area contributed by atoms with Gasteiger partial charge in [-0.05, 0) is 19.1 Å². The van der Waals surface area contributed by atoms with E-state index in [1.807, 2.05) is 39.0 Å². The van der Waals surface area contributed by atoms with Gasteiger partial charge in [0.25, 0.3) is 0 Å². The number of hydrogen-bond donors (Lipinski definition) is 3. The Kier molecular flexibility index (Phi) is 8.64. The highest BCUT2D eigenvalue weighted by molar-refractivity contribution is 5.80. The molecule has 0 atom stereocenters. The van der Waals surface area contributed by atoms with Crippen LogP contribution in [0.5, 0.6) is 0 Å². The van der Waals surface area contributed by atoms with Gasteiger partial charge in [0.15, 0.2) is 5.96 Å². The van der Waals surface area contributed by atoms with E-state index in [1.54, 1.807) is 6.20 Å². The number of carbonyl (C=O) groups is 1. The molecule has 0 unspecified atom stereocenters. The molecule has 0 bridgehead atoms. The standard InChI is InChI=1S/C16H27N5O/c1-4-17-16(21-12-11-19-15(22)13(2)3)20-10-8-14-7-5-6-9-18-14/h5-7,9,13H,4,8,10-12H2,1-3H3,(H,19,22)(H2,17,20,21). The zero-order chi connectivity index (χ0) is 16.2. The first-order chi connectivity index (χ1) is 10.6. The smallest absolute Gasteiger partial charge is 0.222 e. The molecule has 0 saturated heterocycles. The number of aliphatic imine (C=N–C) groups is 1. The molecule has 0 aliphatic heterocycles. The summed E-state index contributed by atoms with van der Waals surface area (Å²) < 4.78 is 0. The number of amides is 1. The van der Waals surface area contributed by atoms with Crippen molar-refractivity contribution in [3.05, 3.63) is 30.1 Å². The SMILES string of the molecule is CCNC(=NCCc1ccccn1)NCCNC(=O)C(C)C. The summed E-state index contributed by atoms with van der Waals surface area (Å²) in [6, 6.07) is 5.88. The first-order valence-electron chi connectivity index (χ1n) is 7.83. The zero-order valence-electron chi connectivity index (χ0n) is 13.7. The molecule has 3 N–H and O–H groups in total. The molecule has 0 saturated carbocycles. The zero-order valence-corrected chi connectivity index (χ0v) is 13.7. The number of aromatic nitrogens is 1. The molecule has 1 amide bonds. The van der Waals surface area contributed by atoms with Gasteiger partial charge in [0.1, 0.15) is 0 Å². The van der Waals surface area contributed by atoms with Crippen molar-refractivity contribution in [2.24, 2.45) is 10.9 Å². The second-order valence-electron chi connectivity index (χ2n) is 5.20. The lowest BCUT2D eigenvalue weighted by Crippen LogP contribution is -2.42. The van der Waals surface area contributed by atoms with Crippen molar-refractivity contribution in [3.63, 3.8) is 0 Å². The number of carbonyl (C=O) groups excluding carboxylic acids is 1. The minimum atomic E-state index is 0.0141. The number of nitrogens with one attached hydrogen (secondary N) is 3. The monoisotopic (exact) mass is 305 g/mol. The number of rotatable bonds is 8. The Bertz CT molecular complexity index is 459. The maximum Gasteiger partial charge on any atom is 0.222 e. The van der Waals surface area contributed by atoms with Gasteiger partial charge in [0.2, 0.25) is 5.91 Å². The van der Waals surface area contributed by atoms with E-state index in [1.165, 1.54) is 0 Å². The molecular formula is C16H27N5O. The number of hydrogen-bond acceptors (Lipinski definition) is 3. The van der Waals surface area contributed by atoms with Crippen molar-refractivity contribution in [2.75, 3.05) is 26.2 Å². The summed E-state index contributed by atoms with van der Waals surface area (Å²) in [4.78, 5) is 20.2. The highest BCUT2D eigenvalue weighted by atomic mass is 16.1. The van der Waals surface area contributed by atoms with E-state index in [2.05, 4.69) is 25.9 Å². The number of pyridine rings is 1. The molecule has 122 valence electrons. The summed E-state index contributed by atoms with van der Waals surface area (Å²) in [5, 5.41) is 9.26. The average molecular weight is 305 g/mol. The van der Waals surface area contributed by atoms with E-state index in [0.717, 1.165) is 24.6 Å². The predicted octanol–water partition coefficient (Wildman–Crippen LogP) is 0.951. The van der Waals surface area contributed by atoms with E-state index in [0.29, 0.717) is 19.6 Å². The molecule has 6 nitrogen and oxygen atoms in total. The van der Waals surface area contributed by atoms with Gasteiger partial charge in [-0.25, -0.2) is 0 Å². The average Bonchev–Trinajstić information content (AvgIpc) is 2.52. The third-order valence-electron chi connectivity index (χ3n) is 2.95. The van der Waals surface area contributed by atoms with Gasteiger partial charge < -0.3 is 16.0 Å². The minimum Gasteiger partial charge on any atom is -0.357 e. The van der Waals surface area contributed by atoms with Crippen LogP contribution >= 0.6 is 0 Å². The summed E-state index contributed by atoms with van der Waals surface area (Å²) in [7, 11) is 0. The Morgan fingerprint density at radius 3 is 2.64 bits per heavy atom. The molecule has 0 aliphatic rings. The third-order valence-corrected chi connectivity index (χ3v) is 2.95. The van der Waals surface area contributed by atoms with E-state index in [4.69, 9.17) is 0 Å². The highest BCUT2D eigenvalue weighted by Crippen LogP contribution is 1.94. The van der Waals surface area contributed by atoms with Gasteiger partial charge in [-0.3, -0.25) is 14.8 Å². The van der Waals surface area contributed by atoms with Crippen LogP contribution in [0.1, 0.15) is 26.5 Å². The summed E-state index contributed by atoms with van der Waals surface area (Å²) in [5.41, 5.74) is 1.03. The minimum absolute atomic E-state index is 0.0141. The normalized spacial score (nSPS) is 11.4. The van der Waals surface area contributed by atoms with Crippen LogP contribution in [0.25, 0.3) is 0 Å². The van der Waals surface area contributed by atoms with E-state index in [-0.39, 0.29) is 11.8 Å². The van der Waals surface area contributed by atoms with Gasteiger partial charge in [0.05, 0.1) is 0 Å². The molecule has 1 aromatic heterocycles. The van der Waals surface area contributed by atoms with Crippen LogP contribution in [0.15, 0.2) is 29.4 Å².